The number of aryl methyl sites for hydroxylation is 1. The number of thiocarbonyl (C=S) groups is 1. The van der Waals surface area contributed by atoms with E-state index in [0.717, 1.165) is 36.1 Å². The normalized spacial score (nSPS) is 10.3. The molecule has 3 rings (SSSR count). The van der Waals surface area contributed by atoms with Gasteiger partial charge in [0.2, 0.25) is 0 Å². The van der Waals surface area contributed by atoms with Gasteiger partial charge in [-0.3, -0.25) is 0 Å². The first-order chi connectivity index (χ1) is 13.1. The van der Waals surface area contributed by atoms with Crippen LogP contribution in [0, 0.1) is 11.6 Å². The Kier molecular flexibility index (Phi) is 6.02. The second-order valence-corrected chi connectivity index (χ2v) is 6.27. The maximum atomic E-state index is 14.3. The Morgan fingerprint density at radius 2 is 1.48 bits per heavy atom. The first-order valence-corrected chi connectivity index (χ1v) is 8.91. The van der Waals surface area contributed by atoms with Crippen LogP contribution in [0.5, 0.6) is 0 Å². The molecule has 0 heterocycles. The summed E-state index contributed by atoms with van der Waals surface area (Å²) in [6.07, 6.45) is 3.82. The van der Waals surface area contributed by atoms with Crippen LogP contribution in [0.2, 0.25) is 0 Å². The maximum absolute atomic E-state index is 14.3. The maximum Gasteiger partial charge on any atom is 0.150 e. The van der Waals surface area contributed by atoms with Gasteiger partial charge in [-0.05, 0) is 53.4 Å². The van der Waals surface area contributed by atoms with E-state index in [4.69, 9.17) is 0 Å². The zero-order chi connectivity index (χ0) is 19.2. The van der Waals surface area contributed by atoms with Crippen LogP contribution in [0.1, 0.15) is 12.0 Å². The molecule has 134 valence electrons. The number of hydrogen-bond donors (Lipinski definition) is 0. The van der Waals surface area contributed by atoms with E-state index in [1.165, 1.54) is 5.56 Å². The molecule has 0 spiro atoms. The molecule has 0 amide bonds. The van der Waals surface area contributed by atoms with Gasteiger partial charge < -0.3 is 0 Å². The van der Waals surface area contributed by atoms with Crippen molar-refractivity contribution in [2.45, 2.75) is 12.8 Å². The lowest BCUT2D eigenvalue weighted by Crippen LogP contribution is -1.88. The van der Waals surface area contributed by atoms with Crippen LogP contribution >= 0.6 is 12.2 Å². The SMILES string of the molecule is C=CCCc1ccc(-c2ccc(-c3cc(F)c(N=C=S)cc3F)cc2)cc1. The number of halogens is 2. The summed E-state index contributed by atoms with van der Waals surface area (Å²) in [5.41, 5.74) is 3.96. The molecule has 0 saturated heterocycles. The van der Waals surface area contributed by atoms with Gasteiger partial charge in [-0.2, -0.15) is 4.99 Å². The molecule has 0 aliphatic carbocycles. The van der Waals surface area contributed by atoms with E-state index in [1.807, 2.05) is 23.4 Å². The molecule has 4 heteroatoms. The Balaban J connectivity index is 1.86. The second-order valence-electron chi connectivity index (χ2n) is 6.09. The van der Waals surface area contributed by atoms with Gasteiger partial charge in [0.25, 0.3) is 0 Å². The third kappa shape index (κ3) is 4.43. The van der Waals surface area contributed by atoms with Gasteiger partial charge >= 0.3 is 0 Å². The smallest absolute Gasteiger partial charge is 0.150 e. The first-order valence-electron chi connectivity index (χ1n) is 8.50. The first kappa shape index (κ1) is 18.8. The zero-order valence-electron chi connectivity index (χ0n) is 14.6. The van der Waals surface area contributed by atoms with Crippen molar-refractivity contribution in [3.63, 3.8) is 0 Å². The number of aliphatic imine (C=N–C) groups is 1. The highest BCUT2D eigenvalue weighted by molar-refractivity contribution is 7.78. The number of allylic oxidation sites excluding steroid dienone is 1. The van der Waals surface area contributed by atoms with Crippen LogP contribution in [-0.2, 0) is 6.42 Å². The molecule has 0 fully saturated rings. The summed E-state index contributed by atoms with van der Waals surface area (Å²) in [5.74, 6) is -1.19. The summed E-state index contributed by atoms with van der Waals surface area (Å²) < 4.78 is 28.3. The van der Waals surface area contributed by atoms with Gasteiger partial charge in [0.1, 0.15) is 17.3 Å². The number of isothiocyanates is 1. The molecule has 0 saturated carbocycles. The molecule has 0 N–H and O–H groups in total. The summed E-state index contributed by atoms with van der Waals surface area (Å²) in [7, 11) is 0. The molecule has 0 unspecified atom stereocenters. The number of hydrogen-bond acceptors (Lipinski definition) is 2. The fraction of sp³-hybridized carbons (Fsp3) is 0.0870. The van der Waals surface area contributed by atoms with E-state index in [-0.39, 0.29) is 11.3 Å². The minimum Gasteiger partial charge on any atom is -0.206 e. The standard InChI is InChI=1S/C23H17F2NS/c1-2-3-4-16-5-7-17(8-6-16)18-9-11-19(12-10-18)20-13-22(25)23(26-15-27)14-21(20)24/h2,5-14H,1,3-4H2. The molecule has 1 nitrogen and oxygen atoms in total. The van der Waals surface area contributed by atoms with Gasteiger partial charge in [0, 0.05) is 11.6 Å². The van der Waals surface area contributed by atoms with E-state index in [0.29, 0.717) is 5.56 Å². The molecule has 0 aliphatic rings. The predicted octanol–water partition coefficient (Wildman–Crippen LogP) is 7.15. The van der Waals surface area contributed by atoms with Gasteiger partial charge in [-0.1, -0.05) is 54.6 Å². The van der Waals surface area contributed by atoms with E-state index < -0.39 is 11.6 Å². The van der Waals surface area contributed by atoms with E-state index >= 15 is 0 Å². The van der Waals surface area contributed by atoms with Crippen LogP contribution in [0.3, 0.4) is 0 Å². The highest BCUT2D eigenvalue weighted by Crippen LogP contribution is 2.31. The molecule has 27 heavy (non-hydrogen) atoms. The van der Waals surface area contributed by atoms with Gasteiger partial charge in [-0.15, -0.1) is 6.58 Å². The fourth-order valence-electron chi connectivity index (χ4n) is 2.87. The summed E-state index contributed by atoms with van der Waals surface area (Å²) in [4.78, 5) is 3.53. The summed E-state index contributed by atoms with van der Waals surface area (Å²) in [6, 6.07) is 17.8. The van der Waals surface area contributed by atoms with Crippen LogP contribution in [-0.4, -0.2) is 5.16 Å². The topological polar surface area (TPSA) is 12.4 Å². The van der Waals surface area contributed by atoms with E-state index in [1.54, 1.807) is 12.1 Å². The van der Waals surface area contributed by atoms with Gasteiger partial charge in [-0.25, -0.2) is 8.78 Å². The minimum atomic E-state index is -0.636. The number of rotatable bonds is 6. The average molecular weight is 377 g/mol. The van der Waals surface area contributed by atoms with Crippen molar-refractivity contribution in [3.05, 3.63) is 90.5 Å². The van der Waals surface area contributed by atoms with Crippen molar-refractivity contribution in [2.24, 2.45) is 4.99 Å². The largest absolute Gasteiger partial charge is 0.206 e. The Morgan fingerprint density at radius 3 is 2.07 bits per heavy atom. The van der Waals surface area contributed by atoms with E-state index in [9.17, 15) is 8.78 Å². The van der Waals surface area contributed by atoms with Crippen LogP contribution in [0.4, 0.5) is 14.5 Å². The molecule has 3 aromatic carbocycles. The molecule has 3 aromatic rings. The zero-order valence-corrected chi connectivity index (χ0v) is 15.4. The van der Waals surface area contributed by atoms with Crippen molar-refractivity contribution in [3.8, 4) is 22.3 Å². The lowest BCUT2D eigenvalue weighted by molar-refractivity contribution is 0.605. The van der Waals surface area contributed by atoms with Crippen molar-refractivity contribution >= 4 is 23.1 Å². The molecule has 0 radical (unpaired) electrons. The van der Waals surface area contributed by atoms with Crippen molar-refractivity contribution < 1.29 is 8.78 Å². The third-order valence-electron chi connectivity index (χ3n) is 4.32. The summed E-state index contributed by atoms with van der Waals surface area (Å²) in [5, 5.41) is 2.05. The Morgan fingerprint density at radius 1 is 0.889 bits per heavy atom. The van der Waals surface area contributed by atoms with Gasteiger partial charge in [0.05, 0.1) is 5.16 Å². The predicted molar refractivity (Wildman–Crippen MR) is 110 cm³/mol. The van der Waals surface area contributed by atoms with Crippen LogP contribution in [0.25, 0.3) is 22.3 Å². The molecule has 0 aliphatic heterocycles. The Bertz CT molecular complexity index is 1000. The molecule has 0 bridgehead atoms. The van der Waals surface area contributed by atoms with Crippen LogP contribution in [0.15, 0.2) is 78.3 Å². The lowest BCUT2D eigenvalue weighted by atomic mass is 9.98. The number of nitrogens with zero attached hydrogens (tertiary/aromatic N) is 1. The second kappa shape index (κ2) is 8.63. The minimum absolute atomic E-state index is 0.153. The highest BCUT2D eigenvalue weighted by Gasteiger charge is 2.11. The number of benzene rings is 3. The van der Waals surface area contributed by atoms with Crippen molar-refractivity contribution in [1.29, 1.82) is 0 Å². The quantitative estimate of drug-likeness (QED) is 0.252. The third-order valence-corrected chi connectivity index (χ3v) is 4.41. The molecule has 0 atom stereocenters. The van der Waals surface area contributed by atoms with Crippen molar-refractivity contribution in [2.75, 3.05) is 0 Å². The van der Waals surface area contributed by atoms with Crippen LogP contribution < -0.4 is 0 Å². The Hall–Kier alpha value is -2.94. The summed E-state index contributed by atoms with van der Waals surface area (Å²) >= 11 is 4.44. The summed E-state index contributed by atoms with van der Waals surface area (Å²) in [6.45, 7) is 3.74. The molecular formula is C23H17F2NS. The monoisotopic (exact) mass is 377 g/mol. The molecule has 0 aromatic heterocycles. The molecular weight excluding hydrogens is 360 g/mol. The van der Waals surface area contributed by atoms with E-state index in [2.05, 4.69) is 48.1 Å². The fourth-order valence-corrected chi connectivity index (χ4v) is 2.97. The van der Waals surface area contributed by atoms with Gasteiger partial charge in [0.15, 0.2) is 0 Å². The average Bonchev–Trinajstić information content (AvgIpc) is 2.70. The Labute approximate surface area is 162 Å². The lowest BCUT2D eigenvalue weighted by Gasteiger charge is -2.08. The highest BCUT2D eigenvalue weighted by atomic mass is 32.1. The van der Waals surface area contributed by atoms with Crippen molar-refractivity contribution in [1.82, 2.24) is 0 Å².